The molecule has 0 fully saturated rings. The monoisotopic (exact) mass is 622 g/mol. The van der Waals surface area contributed by atoms with Gasteiger partial charge in [-0.1, -0.05) is 54.1 Å². The molecule has 0 aliphatic carbocycles. The summed E-state index contributed by atoms with van der Waals surface area (Å²) in [6.07, 6.45) is 1.37. The van der Waals surface area contributed by atoms with Gasteiger partial charge in [-0.15, -0.1) is 0 Å². The molecule has 0 heterocycles. The fourth-order valence-electron chi connectivity index (χ4n) is 3.98. The highest BCUT2D eigenvalue weighted by molar-refractivity contribution is 7.93. The van der Waals surface area contributed by atoms with Gasteiger partial charge < -0.3 is 9.47 Å². The maximum atomic E-state index is 13.6. The molecule has 1 amide bonds. The van der Waals surface area contributed by atoms with E-state index in [1.54, 1.807) is 48.5 Å². The van der Waals surface area contributed by atoms with Crippen LogP contribution in [0.3, 0.4) is 0 Å². The van der Waals surface area contributed by atoms with Crippen LogP contribution in [0.2, 0.25) is 5.02 Å². The minimum absolute atomic E-state index is 0.148. The lowest BCUT2D eigenvalue weighted by molar-refractivity contribution is -0.387. The topological polar surface area (TPSA) is 140 Å². The van der Waals surface area contributed by atoms with Gasteiger partial charge in [0.2, 0.25) is 0 Å². The van der Waals surface area contributed by atoms with Crippen LogP contribution in [-0.4, -0.2) is 38.6 Å². The summed E-state index contributed by atoms with van der Waals surface area (Å²) in [4.78, 5) is 23.1. The molecule has 4 aromatic carbocycles. The molecular formula is C30H27ClN4O7S. The highest BCUT2D eigenvalue weighted by Crippen LogP contribution is 2.30. The molecule has 0 saturated carbocycles. The Bertz CT molecular complexity index is 1730. The number of anilines is 1. The highest BCUT2D eigenvalue weighted by atomic mass is 35.5. The van der Waals surface area contributed by atoms with Gasteiger partial charge >= 0.3 is 0 Å². The first kappa shape index (κ1) is 31.0. The predicted molar refractivity (Wildman–Crippen MR) is 163 cm³/mol. The summed E-state index contributed by atoms with van der Waals surface area (Å²) in [5.74, 6) is 0.195. The number of hydrogen-bond acceptors (Lipinski definition) is 8. The molecule has 0 aliphatic rings. The van der Waals surface area contributed by atoms with Crippen LogP contribution in [0.5, 0.6) is 11.5 Å². The number of ether oxygens (including phenoxy) is 2. The lowest BCUT2D eigenvalue weighted by Crippen LogP contribution is -2.39. The Morgan fingerprint density at radius 1 is 0.977 bits per heavy atom. The Balaban J connectivity index is 1.49. The standard InChI is InChI=1S/C30H27ClN4O7S/c1-2-41-28-18-22(15-16-27(28)42-21-23-9-8-10-24(31)17-23)19-32-33-30(36)20-34(25-11-4-3-5-12-25)43(39,40)29-14-7-6-13-26(29)35(37)38/h3-19H,2,20-21H2,1H3,(H,33,36). The number of nitro benzene ring substituents is 1. The summed E-state index contributed by atoms with van der Waals surface area (Å²) in [6, 6.07) is 25.2. The zero-order valence-electron chi connectivity index (χ0n) is 22.9. The zero-order chi connectivity index (χ0) is 30.8. The molecule has 0 unspecified atom stereocenters. The van der Waals surface area contributed by atoms with Gasteiger partial charge in [0.25, 0.3) is 21.6 Å². The number of hydrazone groups is 1. The fourth-order valence-corrected chi connectivity index (χ4v) is 5.77. The number of halogens is 1. The molecule has 43 heavy (non-hydrogen) atoms. The minimum atomic E-state index is -4.51. The molecular weight excluding hydrogens is 596 g/mol. The lowest BCUT2D eigenvalue weighted by atomic mass is 10.2. The van der Waals surface area contributed by atoms with E-state index in [9.17, 15) is 23.3 Å². The van der Waals surface area contributed by atoms with Gasteiger partial charge in [-0.25, -0.2) is 13.8 Å². The Morgan fingerprint density at radius 3 is 2.44 bits per heavy atom. The van der Waals surface area contributed by atoms with Gasteiger partial charge in [0, 0.05) is 11.1 Å². The van der Waals surface area contributed by atoms with Gasteiger partial charge in [0.1, 0.15) is 13.2 Å². The third kappa shape index (κ3) is 8.09. The number of sulfonamides is 1. The molecule has 0 aromatic heterocycles. The zero-order valence-corrected chi connectivity index (χ0v) is 24.5. The molecule has 0 radical (unpaired) electrons. The van der Waals surface area contributed by atoms with Crippen LogP contribution in [0.4, 0.5) is 11.4 Å². The molecule has 1 N–H and O–H groups in total. The molecule has 0 bridgehead atoms. The van der Waals surface area contributed by atoms with Crippen LogP contribution in [0.25, 0.3) is 0 Å². The lowest BCUT2D eigenvalue weighted by Gasteiger charge is -2.23. The average molecular weight is 623 g/mol. The molecule has 0 spiro atoms. The summed E-state index contributed by atoms with van der Waals surface area (Å²) < 4.78 is 39.5. The van der Waals surface area contributed by atoms with Crippen LogP contribution < -0.4 is 19.2 Å². The van der Waals surface area contributed by atoms with E-state index in [-0.39, 0.29) is 12.3 Å². The molecule has 0 aliphatic heterocycles. The molecule has 4 aromatic rings. The van der Waals surface area contributed by atoms with E-state index >= 15 is 0 Å². The van der Waals surface area contributed by atoms with Gasteiger partial charge in [0.05, 0.1) is 23.4 Å². The van der Waals surface area contributed by atoms with Crippen molar-refractivity contribution in [2.45, 2.75) is 18.4 Å². The predicted octanol–water partition coefficient (Wildman–Crippen LogP) is 5.57. The first-order chi connectivity index (χ1) is 20.7. The summed E-state index contributed by atoms with van der Waals surface area (Å²) in [5, 5.41) is 16.1. The van der Waals surface area contributed by atoms with Crippen molar-refractivity contribution < 1.29 is 27.6 Å². The number of amides is 1. The van der Waals surface area contributed by atoms with Crippen molar-refractivity contribution in [3.63, 3.8) is 0 Å². The van der Waals surface area contributed by atoms with Crippen LogP contribution >= 0.6 is 11.6 Å². The first-order valence-corrected chi connectivity index (χ1v) is 14.8. The number of nitro groups is 1. The Hall–Kier alpha value is -4.94. The number of carbonyl (C=O) groups is 1. The van der Waals surface area contributed by atoms with E-state index in [4.69, 9.17) is 21.1 Å². The largest absolute Gasteiger partial charge is 0.490 e. The Kier molecular flexibility index (Phi) is 10.3. The third-order valence-electron chi connectivity index (χ3n) is 5.92. The summed E-state index contributed by atoms with van der Waals surface area (Å²) in [5.41, 5.74) is 3.32. The summed E-state index contributed by atoms with van der Waals surface area (Å²) in [7, 11) is -4.51. The van der Waals surface area contributed by atoms with Crippen molar-refractivity contribution >= 4 is 45.1 Å². The van der Waals surface area contributed by atoms with E-state index < -0.39 is 38.0 Å². The number of rotatable bonds is 13. The molecule has 222 valence electrons. The number of nitrogens with zero attached hydrogens (tertiary/aromatic N) is 3. The van der Waals surface area contributed by atoms with Crippen molar-refractivity contribution in [1.29, 1.82) is 0 Å². The number of carbonyl (C=O) groups excluding carboxylic acids is 1. The average Bonchev–Trinajstić information content (AvgIpc) is 3.00. The summed E-state index contributed by atoms with van der Waals surface area (Å²) in [6.45, 7) is 1.81. The van der Waals surface area contributed by atoms with Gasteiger partial charge in [0.15, 0.2) is 16.4 Å². The SMILES string of the molecule is CCOc1cc(C=NNC(=O)CN(c2ccccc2)S(=O)(=O)c2ccccc2[N+](=O)[O-])ccc1OCc1cccc(Cl)c1. The van der Waals surface area contributed by atoms with E-state index in [1.807, 2.05) is 19.1 Å². The van der Waals surface area contributed by atoms with Crippen molar-refractivity contribution in [2.75, 3.05) is 17.5 Å². The minimum Gasteiger partial charge on any atom is -0.490 e. The van der Waals surface area contributed by atoms with Crippen LogP contribution in [0.1, 0.15) is 18.1 Å². The number of nitrogens with one attached hydrogen (secondary N) is 1. The van der Waals surface area contributed by atoms with E-state index in [2.05, 4.69) is 10.5 Å². The fraction of sp³-hybridized carbons (Fsp3) is 0.133. The quantitative estimate of drug-likeness (QED) is 0.117. The molecule has 13 heteroatoms. The normalized spacial score (nSPS) is 11.2. The maximum Gasteiger partial charge on any atom is 0.289 e. The van der Waals surface area contributed by atoms with Crippen molar-refractivity contribution in [3.05, 3.63) is 123 Å². The second-order valence-electron chi connectivity index (χ2n) is 8.92. The van der Waals surface area contributed by atoms with Gasteiger partial charge in [-0.05, 0) is 66.6 Å². The van der Waals surface area contributed by atoms with Crippen molar-refractivity contribution in [2.24, 2.45) is 5.10 Å². The van der Waals surface area contributed by atoms with Gasteiger partial charge in [-0.2, -0.15) is 5.10 Å². The van der Waals surface area contributed by atoms with E-state index in [0.29, 0.717) is 28.7 Å². The second kappa shape index (κ2) is 14.3. The Morgan fingerprint density at radius 2 is 1.72 bits per heavy atom. The molecule has 4 rings (SSSR count). The van der Waals surface area contributed by atoms with E-state index in [1.165, 1.54) is 30.5 Å². The van der Waals surface area contributed by atoms with Crippen LogP contribution in [-0.2, 0) is 21.4 Å². The smallest absolute Gasteiger partial charge is 0.289 e. The van der Waals surface area contributed by atoms with Crippen molar-refractivity contribution in [1.82, 2.24) is 5.43 Å². The van der Waals surface area contributed by atoms with E-state index in [0.717, 1.165) is 22.0 Å². The number of para-hydroxylation sites is 2. The second-order valence-corrected chi connectivity index (χ2v) is 11.2. The molecule has 0 saturated heterocycles. The van der Waals surface area contributed by atoms with Crippen LogP contribution in [0, 0.1) is 10.1 Å². The van der Waals surface area contributed by atoms with Crippen molar-refractivity contribution in [3.8, 4) is 11.5 Å². The third-order valence-corrected chi connectivity index (χ3v) is 7.97. The number of hydrogen-bond donors (Lipinski definition) is 1. The first-order valence-electron chi connectivity index (χ1n) is 13.0. The number of benzene rings is 4. The molecule has 11 nitrogen and oxygen atoms in total. The summed E-state index contributed by atoms with van der Waals surface area (Å²) >= 11 is 6.04. The maximum absolute atomic E-state index is 13.6. The molecule has 0 atom stereocenters. The van der Waals surface area contributed by atoms with Gasteiger partial charge in [-0.3, -0.25) is 19.2 Å². The highest BCUT2D eigenvalue weighted by Gasteiger charge is 2.33. The Labute approximate surface area is 253 Å². The van der Waals surface area contributed by atoms with Crippen LogP contribution in [0.15, 0.2) is 107 Å².